The van der Waals surface area contributed by atoms with Gasteiger partial charge in [-0.3, -0.25) is 4.79 Å². The zero-order chi connectivity index (χ0) is 16.4. The summed E-state index contributed by atoms with van der Waals surface area (Å²) >= 11 is 2.95. The number of halogens is 2. The maximum atomic E-state index is 13.5. The molecule has 1 atom stereocenters. The predicted octanol–water partition coefficient (Wildman–Crippen LogP) is 1.98. The average Bonchev–Trinajstić information content (AvgIpc) is 2.35. The molecule has 0 aliphatic carbocycles. The lowest BCUT2D eigenvalue weighted by atomic mass is 10.1. The molecule has 9 heteroatoms. The van der Waals surface area contributed by atoms with Crippen molar-refractivity contribution in [3.63, 3.8) is 0 Å². The minimum absolute atomic E-state index is 0.0267. The van der Waals surface area contributed by atoms with Gasteiger partial charge in [0.05, 0.1) is 7.11 Å². The van der Waals surface area contributed by atoms with Crippen molar-refractivity contribution < 1.29 is 27.4 Å². The van der Waals surface area contributed by atoms with Crippen molar-refractivity contribution in [2.45, 2.75) is 24.8 Å². The van der Waals surface area contributed by atoms with E-state index in [2.05, 4.69) is 20.7 Å². The van der Waals surface area contributed by atoms with Crippen molar-refractivity contribution >= 4 is 31.9 Å². The van der Waals surface area contributed by atoms with E-state index in [-0.39, 0.29) is 15.1 Å². The smallest absolute Gasteiger partial charge is 0.322 e. The number of rotatable bonds is 6. The van der Waals surface area contributed by atoms with Gasteiger partial charge < -0.3 is 9.84 Å². The molecule has 0 aliphatic rings. The monoisotopic (exact) mass is 383 g/mol. The minimum atomic E-state index is -4.15. The second-order valence-electron chi connectivity index (χ2n) is 4.60. The number of benzene rings is 1. The first-order chi connectivity index (χ1) is 9.60. The van der Waals surface area contributed by atoms with Gasteiger partial charge >= 0.3 is 5.97 Å². The molecule has 2 N–H and O–H groups in total. The third kappa shape index (κ3) is 4.14. The summed E-state index contributed by atoms with van der Waals surface area (Å²) in [5, 5.41) is 9.04. The van der Waals surface area contributed by atoms with Crippen LogP contribution in [0, 0.1) is 11.7 Å². The summed E-state index contributed by atoms with van der Waals surface area (Å²) in [6.45, 7) is 3.14. The van der Waals surface area contributed by atoms with Gasteiger partial charge in [-0.15, -0.1) is 0 Å². The Balaban J connectivity index is 3.28. The van der Waals surface area contributed by atoms with E-state index in [0.29, 0.717) is 0 Å². The second kappa shape index (κ2) is 6.71. The van der Waals surface area contributed by atoms with E-state index in [4.69, 9.17) is 9.84 Å². The van der Waals surface area contributed by atoms with E-state index in [9.17, 15) is 17.6 Å². The molecule has 1 aromatic rings. The number of hydrogen-bond donors (Lipinski definition) is 2. The molecule has 0 saturated heterocycles. The van der Waals surface area contributed by atoms with Crippen LogP contribution in [0.1, 0.15) is 13.8 Å². The van der Waals surface area contributed by atoms with Crippen LogP contribution >= 0.6 is 15.9 Å². The number of carboxylic acids is 1. The second-order valence-corrected chi connectivity index (χ2v) is 7.14. The van der Waals surface area contributed by atoms with Crippen molar-refractivity contribution in [1.29, 1.82) is 0 Å². The molecule has 0 spiro atoms. The molecule has 1 rings (SSSR count). The lowest BCUT2D eigenvalue weighted by Gasteiger charge is -2.18. The number of methoxy groups -OCH3 is 1. The number of ether oxygens (including phenoxy) is 1. The highest BCUT2D eigenvalue weighted by Crippen LogP contribution is 2.29. The van der Waals surface area contributed by atoms with E-state index in [1.165, 1.54) is 7.11 Å². The van der Waals surface area contributed by atoms with E-state index in [0.717, 1.165) is 12.1 Å². The van der Waals surface area contributed by atoms with Crippen LogP contribution in [0.3, 0.4) is 0 Å². The summed E-state index contributed by atoms with van der Waals surface area (Å²) < 4.78 is 44.8. The molecule has 0 unspecified atom stereocenters. The molecular weight excluding hydrogens is 369 g/mol. The van der Waals surface area contributed by atoms with Crippen molar-refractivity contribution in [1.82, 2.24) is 4.72 Å². The number of nitrogens with one attached hydrogen (secondary N) is 1. The van der Waals surface area contributed by atoms with Crippen LogP contribution < -0.4 is 9.46 Å². The average molecular weight is 384 g/mol. The molecule has 0 saturated carbocycles. The maximum absolute atomic E-state index is 13.5. The highest BCUT2D eigenvalue weighted by molar-refractivity contribution is 9.10. The van der Waals surface area contributed by atoms with Gasteiger partial charge in [-0.05, 0) is 27.9 Å². The summed E-state index contributed by atoms with van der Waals surface area (Å²) in [7, 11) is -2.96. The number of sulfonamides is 1. The molecule has 0 bridgehead atoms. The third-order valence-corrected chi connectivity index (χ3v) is 5.11. The molecule has 0 fully saturated rings. The highest BCUT2D eigenvalue weighted by atomic mass is 79.9. The van der Waals surface area contributed by atoms with Crippen LogP contribution in [0.4, 0.5) is 4.39 Å². The highest BCUT2D eigenvalue weighted by Gasteiger charge is 2.30. The summed E-state index contributed by atoms with van der Waals surface area (Å²) in [6.07, 6.45) is 0. The van der Waals surface area contributed by atoms with Crippen LogP contribution in [-0.2, 0) is 14.8 Å². The van der Waals surface area contributed by atoms with Gasteiger partial charge in [-0.2, -0.15) is 4.72 Å². The number of carbonyl (C=O) groups is 1. The lowest BCUT2D eigenvalue weighted by Crippen LogP contribution is -2.44. The molecule has 1 aromatic carbocycles. The van der Waals surface area contributed by atoms with E-state index in [1.54, 1.807) is 13.8 Å². The Hall–Kier alpha value is -1.19. The van der Waals surface area contributed by atoms with E-state index >= 15 is 0 Å². The fourth-order valence-corrected chi connectivity index (χ4v) is 3.94. The predicted molar refractivity (Wildman–Crippen MR) is 77.2 cm³/mol. The Kier molecular flexibility index (Phi) is 5.71. The zero-order valence-corrected chi connectivity index (χ0v) is 14.0. The molecule has 118 valence electrons. The van der Waals surface area contributed by atoms with E-state index in [1.807, 2.05) is 0 Å². The Morgan fingerprint density at radius 2 is 2.00 bits per heavy atom. The lowest BCUT2D eigenvalue weighted by molar-refractivity contribution is -0.140. The van der Waals surface area contributed by atoms with Gasteiger partial charge in [0.25, 0.3) is 0 Å². The summed E-state index contributed by atoms with van der Waals surface area (Å²) in [6, 6.07) is 0.637. The van der Waals surface area contributed by atoms with Crippen LogP contribution in [0.25, 0.3) is 0 Å². The number of carboxylic acid groups (broad SMARTS) is 1. The first-order valence-electron chi connectivity index (χ1n) is 5.88. The van der Waals surface area contributed by atoms with E-state index < -0.39 is 33.8 Å². The van der Waals surface area contributed by atoms with Gasteiger partial charge in [0.15, 0.2) is 11.6 Å². The van der Waals surface area contributed by atoms with Crippen molar-refractivity contribution in [3.05, 3.63) is 22.4 Å². The fraction of sp³-hybridized carbons (Fsp3) is 0.417. The standard InChI is InChI=1S/C12H15BrFNO5S/c1-6(2)11(12(16)17)15-21(18,19)10-5-9(20-3)8(14)4-7(10)13/h4-6,11,15H,1-3H3,(H,16,17)/t11-/m1/s1. The molecule has 6 nitrogen and oxygen atoms in total. The quantitative estimate of drug-likeness (QED) is 0.783. The molecule has 0 amide bonds. The van der Waals surface area contributed by atoms with Gasteiger partial charge in [-0.25, -0.2) is 12.8 Å². The van der Waals surface area contributed by atoms with Crippen molar-refractivity contribution in [2.75, 3.05) is 7.11 Å². The van der Waals surface area contributed by atoms with Crippen LogP contribution in [-0.4, -0.2) is 32.6 Å². The van der Waals surface area contributed by atoms with Crippen molar-refractivity contribution in [3.8, 4) is 5.75 Å². The van der Waals surface area contributed by atoms with Crippen LogP contribution in [0.5, 0.6) is 5.75 Å². The summed E-state index contributed by atoms with van der Waals surface area (Å²) in [5.74, 6) is -2.74. The normalized spacial score (nSPS) is 13.2. The maximum Gasteiger partial charge on any atom is 0.322 e. The molecular formula is C12H15BrFNO5S. The Morgan fingerprint density at radius 3 is 2.43 bits per heavy atom. The molecule has 0 aliphatic heterocycles. The van der Waals surface area contributed by atoms with Gasteiger partial charge in [0.2, 0.25) is 10.0 Å². The fourth-order valence-electron chi connectivity index (χ4n) is 1.58. The Labute approximate surface area is 130 Å². The van der Waals surface area contributed by atoms with Gasteiger partial charge in [0, 0.05) is 10.5 Å². The number of aliphatic carboxylic acids is 1. The molecule has 0 heterocycles. The van der Waals surface area contributed by atoms with Crippen molar-refractivity contribution in [2.24, 2.45) is 5.92 Å². The molecule has 0 aromatic heterocycles. The Morgan fingerprint density at radius 1 is 1.43 bits per heavy atom. The third-order valence-electron chi connectivity index (χ3n) is 2.71. The molecule has 21 heavy (non-hydrogen) atoms. The van der Waals surface area contributed by atoms with Crippen LogP contribution in [0.15, 0.2) is 21.5 Å². The van der Waals surface area contributed by atoms with Gasteiger partial charge in [-0.1, -0.05) is 13.8 Å². The largest absolute Gasteiger partial charge is 0.494 e. The SMILES string of the molecule is COc1cc(S(=O)(=O)N[C@@H](C(=O)O)C(C)C)c(Br)cc1F. The van der Waals surface area contributed by atoms with Crippen LogP contribution in [0.2, 0.25) is 0 Å². The molecule has 0 radical (unpaired) electrons. The van der Waals surface area contributed by atoms with Gasteiger partial charge in [0.1, 0.15) is 10.9 Å². The zero-order valence-electron chi connectivity index (χ0n) is 11.6. The first kappa shape index (κ1) is 17.9. The topological polar surface area (TPSA) is 92.7 Å². The summed E-state index contributed by atoms with van der Waals surface area (Å²) in [4.78, 5) is 10.8. The summed E-state index contributed by atoms with van der Waals surface area (Å²) in [5.41, 5.74) is 0. The number of hydrogen-bond acceptors (Lipinski definition) is 4. The Bertz CT molecular complexity index is 647. The first-order valence-corrected chi connectivity index (χ1v) is 8.16. The minimum Gasteiger partial charge on any atom is -0.494 e.